The summed E-state index contributed by atoms with van der Waals surface area (Å²) < 4.78 is 0. The zero-order valence-electron chi connectivity index (χ0n) is 11.9. The molecule has 1 aliphatic carbocycles. The van der Waals surface area contributed by atoms with E-state index in [2.05, 4.69) is 15.2 Å². The topological polar surface area (TPSA) is 61.8 Å². The molecule has 0 fully saturated rings. The van der Waals surface area contributed by atoms with Crippen LogP contribution in [0.15, 0.2) is 42.5 Å². The van der Waals surface area contributed by atoms with E-state index < -0.39 is 5.60 Å². The zero-order valence-corrected chi connectivity index (χ0v) is 11.9. The predicted molar refractivity (Wildman–Crippen MR) is 80.7 cm³/mol. The molecule has 0 spiro atoms. The first-order valence-corrected chi connectivity index (χ1v) is 6.94. The number of aliphatic hydroxyl groups is 1. The van der Waals surface area contributed by atoms with Gasteiger partial charge in [0.1, 0.15) is 11.4 Å². The van der Waals surface area contributed by atoms with Crippen molar-refractivity contribution in [2.45, 2.75) is 19.4 Å². The van der Waals surface area contributed by atoms with Crippen LogP contribution in [0.25, 0.3) is 22.5 Å². The van der Waals surface area contributed by atoms with Gasteiger partial charge in [0.25, 0.3) is 0 Å². The number of benzene rings is 2. The van der Waals surface area contributed by atoms with E-state index in [0.717, 1.165) is 33.6 Å². The molecule has 0 saturated heterocycles. The lowest BCUT2D eigenvalue weighted by Gasteiger charge is -2.19. The molecule has 1 aromatic heterocycles. The lowest BCUT2D eigenvalue weighted by Crippen LogP contribution is -2.19. The summed E-state index contributed by atoms with van der Waals surface area (Å²) >= 11 is 0. The third-order valence-electron chi connectivity index (χ3n) is 4.16. The van der Waals surface area contributed by atoms with Gasteiger partial charge in [0.15, 0.2) is 5.82 Å². The molecule has 2 N–H and O–H groups in total. The number of aromatic amines is 1. The Labute approximate surface area is 122 Å². The number of hydrogen-bond acceptors (Lipinski definition) is 3. The van der Waals surface area contributed by atoms with E-state index >= 15 is 0 Å². The number of nitrogens with one attached hydrogen (secondary N) is 1. The summed E-state index contributed by atoms with van der Waals surface area (Å²) in [7, 11) is 0. The van der Waals surface area contributed by atoms with Crippen LogP contribution < -0.4 is 0 Å². The monoisotopic (exact) mass is 277 g/mol. The van der Waals surface area contributed by atoms with Crippen LogP contribution in [0.2, 0.25) is 0 Å². The van der Waals surface area contributed by atoms with Gasteiger partial charge in [0.05, 0.1) is 0 Å². The zero-order chi connectivity index (χ0) is 14.6. The molecule has 104 valence electrons. The van der Waals surface area contributed by atoms with E-state index in [9.17, 15) is 5.11 Å². The number of H-pyrrole nitrogens is 1. The van der Waals surface area contributed by atoms with Crippen LogP contribution in [0.3, 0.4) is 0 Å². The number of aromatic nitrogens is 3. The minimum atomic E-state index is -0.975. The summed E-state index contributed by atoms with van der Waals surface area (Å²) in [6, 6.07) is 13.9. The molecule has 4 rings (SSSR count). The van der Waals surface area contributed by atoms with Crippen LogP contribution >= 0.6 is 0 Å². The first-order chi connectivity index (χ1) is 10.1. The molecule has 1 atom stereocenters. The average Bonchev–Trinajstić information content (AvgIpc) is 3.01. The van der Waals surface area contributed by atoms with E-state index in [0.29, 0.717) is 5.82 Å². The fourth-order valence-electron chi connectivity index (χ4n) is 3.18. The highest BCUT2D eigenvalue weighted by Gasteiger charge is 2.38. The number of hydrogen-bond donors (Lipinski definition) is 2. The normalized spacial score (nSPS) is 19.4. The van der Waals surface area contributed by atoms with E-state index in [4.69, 9.17) is 0 Å². The lowest BCUT2D eigenvalue weighted by molar-refractivity contribution is 0.107. The highest BCUT2D eigenvalue weighted by atomic mass is 16.3. The fraction of sp³-hybridized carbons (Fsp3) is 0.176. The number of aryl methyl sites for hydroxylation is 1. The van der Waals surface area contributed by atoms with Crippen molar-refractivity contribution in [2.75, 3.05) is 0 Å². The summed E-state index contributed by atoms with van der Waals surface area (Å²) in [5, 5.41) is 18.0. The molecule has 3 aromatic rings. The molecule has 1 unspecified atom stereocenters. The second kappa shape index (κ2) is 4.02. The molecular formula is C17H15N3O. The maximum atomic E-state index is 10.9. The van der Waals surface area contributed by atoms with Crippen molar-refractivity contribution in [3.8, 4) is 22.5 Å². The van der Waals surface area contributed by atoms with Crippen LogP contribution in [0.5, 0.6) is 0 Å². The molecule has 2 aromatic carbocycles. The molecule has 4 heteroatoms. The van der Waals surface area contributed by atoms with E-state index in [1.54, 1.807) is 0 Å². The molecular weight excluding hydrogens is 262 g/mol. The van der Waals surface area contributed by atoms with Crippen LogP contribution in [0, 0.1) is 6.92 Å². The number of nitrogens with zero attached hydrogens (tertiary/aromatic N) is 2. The molecule has 4 nitrogen and oxygen atoms in total. The largest absolute Gasteiger partial charge is 0.381 e. The Bertz CT molecular complexity index is 849. The van der Waals surface area contributed by atoms with Crippen molar-refractivity contribution < 1.29 is 5.11 Å². The Morgan fingerprint density at radius 2 is 1.71 bits per heavy atom. The van der Waals surface area contributed by atoms with Crippen LogP contribution in [-0.2, 0) is 5.60 Å². The van der Waals surface area contributed by atoms with Crippen molar-refractivity contribution >= 4 is 0 Å². The summed E-state index contributed by atoms with van der Waals surface area (Å²) in [5.74, 6) is 1.44. The van der Waals surface area contributed by atoms with Gasteiger partial charge in [-0.2, -0.15) is 5.10 Å². The lowest BCUT2D eigenvalue weighted by atomic mass is 9.93. The van der Waals surface area contributed by atoms with Gasteiger partial charge in [-0.15, -0.1) is 0 Å². The minimum Gasteiger partial charge on any atom is -0.381 e. The standard InChI is InChI=1S/C17H15N3O/c1-10-18-16(20-19-10)12-7-5-9-14-15(12)11-6-3-4-8-13(11)17(14,2)21/h3-9,21H,1-2H3,(H,18,19,20). The molecule has 0 bridgehead atoms. The number of rotatable bonds is 1. The van der Waals surface area contributed by atoms with Crippen molar-refractivity contribution in [2.24, 2.45) is 0 Å². The van der Waals surface area contributed by atoms with E-state index in [1.807, 2.05) is 56.3 Å². The molecule has 0 saturated carbocycles. The Hall–Kier alpha value is -2.46. The van der Waals surface area contributed by atoms with Gasteiger partial charge in [-0.1, -0.05) is 42.5 Å². The van der Waals surface area contributed by atoms with E-state index in [-0.39, 0.29) is 0 Å². The third-order valence-corrected chi connectivity index (χ3v) is 4.16. The first-order valence-electron chi connectivity index (χ1n) is 6.94. The molecule has 0 aliphatic heterocycles. The summed E-state index contributed by atoms with van der Waals surface area (Å²) in [6.07, 6.45) is 0. The summed E-state index contributed by atoms with van der Waals surface area (Å²) in [5.41, 5.74) is 3.94. The summed E-state index contributed by atoms with van der Waals surface area (Å²) in [4.78, 5) is 4.43. The van der Waals surface area contributed by atoms with Gasteiger partial charge in [0.2, 0.25) is 0 Å². The molecule has 1 heterocycles. The van der Waals surface area contributed by atoms with Gasteiger partial charge in [-0.05, 0) is 36.1 Å². The van der Waals surface area contributed by atoms with Gasteiger partial charge < -0.3 is 5.11 Å². The third kappa shape index (κ3) is 1.59. The van der Waals surface area contributed by atoms with Gasteiger partial charge in [-0.3, -0.25) is 5.10 Å². The van der Waals surface area contributed by atoms with Crippen molar-refractivity contribution in [3.05, 3.63) is 59.4 Å². The van der Waals surface area contributed by atoms with Crippen molar-refractivity contribution in [1.29, 1.82) is 0 Å². The predicted octanol–water partition coefficient (Wildman–Crippen LogP) is 3.02. The Balaban J connectivity index is 2.07. The van der Waals surface area contributed by atoms with Crippen molar-refractivity contribution in [1.82, 2.24) is 15.2 Å². The van der Waals surface area contributed by atoms with Gasteiger partial charge in [0, 0.05) is 5.56 Å². The smallest absolute Gasteiger partial charge is 0.156 e. The van der Waals surface area contributed by atoms with Crippen molar-refractivity contribution in [3.63, 3.8) is 0 Å². The summed E-state index contributed by atoms with van der Waals surface area (Å²) in [6.45, 7) is 3.69. The van der Waals surface area contributed by atoms with Crippen LogP contribution in [-0.4, -0.2) is 20.3 Å². The van der Waals surface area contributed by atoms with Gasteiger partial charge in [-0.25, -0.2) is 4.98 Å². The molecule has 0 amide bonds. The Morgan fingerprint density at radius 1 is 1.00 bits per heavy atom. The molecule has 21 heavy (non-hydrogen) atoms. The Morgan fingerprint density at radius 3 is 2.48 bits per heavy atom. The maximum Gasteiger partial charge on any atom is 0.156 e. The van der Waals surface area contributed by atoms with Crippen LogP contribution in [0.1, 0.15) is 23.9 Å². The highest BCUT2D eigenvalue weighted by molar-refractivity contribution is 5.90. The molecule has 0 radical (unpaired) electrons. The quantitative estimate of drug-likeness (QED) is 0.718. The van der Waals surface area contributed by atoms with Crippen LogP contribution in [0.4, 0.5) is 0 Å². The SMILES string of the molecule is Cc1n[nH]c(-c2cccc3c2-c2ccccc2C3(C)O)n1. The first kappa shape index (κ1) is 12.3. The second-order valence-corrected chi connectivity index (χ2v) is 5.58. The number of fused-ring (bicyclic) bond motifs is 3. The second-order valence-electron chi connectivity index (χ2n) is 5.58. The molecule has 1 aliphatic rings. The highest BCUT2D eigenvalue weighted by Crippen LogP contribution is 2.50. The minimum absolute atomic E-state index is 0.709. The maximum absolute atomic E-state index is 10.9. The van der Waals surface area contributed by atoms with Gasteiger partial charge >= 0.3 is 0 Å². The Kier molecular flexibility index (Phi) is 2.35. The van der Waals surface area contributed by atoms with E-state index in [1.165, 1.54) is 0 Å². The fourth-order valence-corrected chi connectivity index (χ4v) is 3.18. The average molecular weight is 277 g/mol.